The number of rotatable bonds is 10. The van der Waals surface area contributed by atoms with E-state index in [4.69, 9.17) is 4.42 Å². The van der Waals surface area contributed by atoms with Gasteiger partial charge in [-0.25, -0.2) is 9.78 Å². The molecule has 9 heteroatoms. The number of unbranched alkanes of at least 4 members (excludes halogenated alkanes) is 3. The standard InChI is InChI=1S/C22H26N4O4S/c1-2-3-4-7-12-26-20(28)17-10-5-6-11-18(17)24-22(26)31-15-19(27)25-21(29)23-14-16-9-8-13-30-16/h5-6,8-11,13H,2-4,7,12,14-15H2,1H3,(H2,23,25,27,29). The zero-order valence-corrected chi connectivity index (χ0v) is 18.2. The molecule has 2 N–H and O–H groups in total. The number of urea groups is 1. The third kappa shape index (κ3) is 6.45. The fraction of sp³-hybridized carbons (Fsp3) is 0.364. The molecular formula is C22H26N4O4S. The number of thioether (sulfide) groups is 1. The first kappa shape index (κ1) is 22.6. The molecule has 31 heavy (non-hydrogen) atoms. The third-order valence-electron chi connectivity index (χ3n) is 4.65. The maximum Gasteiger partial charge on any atom is 0.321 e. The van der Waals surface area contributed by atoms with Crippen LogP contribution in [0, 0.1) is 0 Å². The second-order valence-corrected chi connectivity index (χ2v) is 7.97. The monoisotopic (exact) mass is 442 g/mol. The predicted molar refractivity (Wildman–Crippen MR) is 120 cm³/mol. The minimum atomic E-state index is -0.606. The average molecular weight is 443 g/mol. The summed E-state index contributed by atoms with van der Waals surface area (Å²) in [5, 5.41) is 5.87. The SMILES string of the molecule is CCCCCCn1c(SCC(=O)NC(=O)NCc2ccco2)nc2ccccc2c1=O. The molecule has 3 amide bonds. The smallest absolute Gasteiger partial charge is 0.321 e. The van der Waals surface area contributed by atoms with Gasteiger partial charge in [0.2, 0.25) is 5.91 Å². The maximum absolute atomic E-state index is 13.0. The summed E-state index contributed by atoms with van der Waals surface area (Å²) < 4.78 is 6.76. The van der Waals surface area contributed by atoms with Crippen LogP contribution in [0.15, 0.2) is 57.0 Å². The highest BCUT2D eigenvalue weighted by Crippen LogP contribution is 2.18. The lowest BCUT2D eigenvalue weighted by atomic mass is 10.2. The van der Waals surface area contributed by atoms with Crippen molar-refractivity contribution < 1.29 is 14.0 Å². The summed E-state index contributed by atoms with van der Waals surface area (Å²) in [5.74, 6) is 0.0831. The molecule has 0 aliphatic heterocycles. The number of nitrogens with zero attached hydrogens (tertiary/aromatic N) is 2. The molecule has 0 saturated carbocycles. The van der Waals surface area contributed by atoms with Gasteiger partial charge in [0.15, 0.2) is 5.16 Å². The molecule has 0 aliphatic carbocycles. The van der Waals surface area contributed by atoms with Crippen molar-refractivity contribution in [2.45, 2.75) is 50.9 Å². The van der Waals surface area contributed by atoms with E-state index in [1.807, 2.05) is 12.1 Å². The van der Waals surface area contributed by atoms with Gasteiger partial charge in [0.05, 0.1) is 29.5 Å². The van der Waals surface area contributed by atoms with Gasteiger partial charge in [0.1, 0.15) is 5.76 Å². The first-order chi connectivity index (χ1) is 15.1. The van der Waals surface area contributed by atoms with Crippen molar-refractivity contribution in [1.82, 2.24) is 20.2 Å². The fourth-order valence-corrected chi connectivity index (χ4v) is 3.89. The van der Waals surface area contributed by atoms with E-state index in [1.165, 1.54) is 6.26 Å². The molecule has 0 fully saturated rings. The van der Waals surface area contributed by atoms with Crippen molar-refractivity contribution in [3.05, 3.63) is 58.8 Å². The van der Waals surface area contributed by atoms with E-state index in [1.54, 1.807) is 28.8 Å². The third-order valence-corrected chi connectivity index (χ3v) is 5.63. The Labute approximate surface area is 184 Å². The Bertz CT molecular complexity index is 1080. The van der Waals surface area contributed by atoms with Crippen molar-refractivity contribution in [3.8, 4) is 0 Å². The van der Waals surface area contributed by atoms with E-state index in [0.717, 1.165) is 37.4 Å². The molecule has 3 aromatic rings. The first-order valence-corrected chi connectivity index (χ1v) is 11.3. The molecule has 0 saturated heterocycles. The Kier molecular flexibility index (Phi) is 8.28. The Morgan fingerprint density at radius 2 is 1.97 bits per heavy atom. The van der Waals surface area contributed by atoms with Crippen molar-refractivity contribution >= 4 is 34.6 Å². The molecule has 0 spiro atoms. The van der Waals surface area contributed by atoms with Crippen molar-refractivity contribution in [2.24, 2.45) is 0 Å². The lowest BCUT2D eigenvalue weighted by Crippen LogP contribution is -2.40. The number of imide groups is 1. The molecule has 0 bridgehead atoms. The van der Waals surface area contributed by atoms with Crippen LogP contribution in [-0.2, 0) is 17.9 Å². The minimum absolute atomic E-state index is 0.0338. The summed E-state index contributed by atoms with van der Waals surface area (Å²) in [5.41, 5.74) is 0.484. The van der Waals surface area contributed by atoms with Crippen LogP contribution in [0.4, 0.5) is 4.79 Å². The number of benzene rings is 1. The lowest BCUT2D eigenvalue weighted by Gasteiger charge is -2.13. The molecule has 0 unspecified atom stereocenters. The zero-order valence-electron chi connectivity index (χ0n) is 17.4. The van der Waals surface area contributed by atoms with Gasteiger partial charge in [-0.1, -0.05) is 50.1 Å². The number of carbonyl (C=O) groups excluding carboxylic acids is 2. The second-order valence-electron chi connectivity index (χ2n) is 7.03. The molecule has 2 aromatic heterocycles. The van der Waals surface area contributed by atoms with Crippen molar-refractivity contribution in [2.75, 3.05) is 5.75 Å². The van der Waals surface area contributed by atoms with Crippen LogP contribution in [0.5, 0.6) is 0 Å². The van der Waals surface area contributed by atoms with Gasteiger partial charge in [0.25, 0.3) is 5.56 Å². The van der Waals surface area contributed by atoms with Crippen molar-refractivity contribution in [3.63, 3.8) is 0 Å². The van der Waals surface area contributed by atoms with Gasteiger partial charge in [-0.2, -0.15) is 0 Å². The van der Waals surface area contributed by atoms with E-state index in [-0.39, 0.29) is 17.9 Å². The van der Waals surface area contributed by atoms with E-state index in [0.29, 0.717) is 28.4 Å². The summed E-state index contributed by atoms with van der Waals surface area (Å²) in [6, 6.07) is 10.0. The Morgan fingerprint density at radius 3 is 2.74 bits per heavy atom. The van der Waals surface area contributed by atoms with E-state index in [9.17, 15) is 14.4 Å². The number of amides is 3. The second kappa shape index (κ2) is 11.4. The highest BCUT2D eigenvalue weighted by Gasteiger charge is 2.14. The Balaban J connectivity index is 1.64. The molecular weight excluding hydrogens is 416 g/mol. The minimum Gasteiger partial charge on any atom is -0.467 e. The van der Waals surface area contributed by atoms with Gasteiger partial charge < -0.3 is 9.73 Å². The number of fused-ring (bicyclic) bond motifs is 1. The normalized spacial score (nSPS) is 10.9. The summed E-state index contributed by atoms with van der Waals surface area (Å²) in [6.45, 7) is 2.86. The van der Waals surface area contributed by atoms with Crippen LogP contribution in [0.3, 0.4) is 0 Å². The van der Waals surface area contributed by atoms with Crippen LogP contribution in [0.25, 0.3) is 10.9 Å². The predicted octanol–water partition coefficient (Wildman–Crippen LogP) is 3.69. The van der Waals surface area contributed by atoms with E-state index in [2.05, 4.69) is 22.5 Å². The van der Waals surface area contributed by atoms with E-state index >= 15 is 0 Å². The number of nitrogens with one attached hydrogen (secondary N) is 2. The molecule has 164 valence electrons. The van der Waals surface area contributed by atoms with Crippen LogP contribution in [-0.4, -0.2) is 27.2 Å². The molecule has 8 nitrogen and oxygen atoms in total. The van der Waals surface area contributed by atoms with Crippen LogP contribution >= 0.6 is 11.8 Å². The Hall–Kier alpha value is -3.07. The molecule has 2 heterocycles. The number of hydrogen-bond acceptors (Lipinski definition) is 6. The summed E-state index contributed by atoms with van der Waals surface area (Å²) in [6.07, 6.45) is 5.61. The molecule has 1 aromatic carbocycles. The zero-order chi connectivity index (χ0) is 22.1. The van der Waals surface area contributed by atoms with Gasteiger partial charge in [0, 0.05) is 6.54 Å². The molecule has 0 aliphatic rings. The number of aromatic nitrogens is 2. The van der Waals surface area contributed by atoms with Gasteiger partial charge >= 0.3 is 6.03 Å². The summed E-state index contributed by atoms with van der Waals surface area (Å²) in [4.78, 5) is 41.7. The first-order valence-electron chi connectivity index (χ1n) is 10.3. The quantitative estimate of drug-likeness (QED) is 0.282. The topological polar surface area (TPSA) is 106 Å². The Morgan fingerprint density at radius 1 is 1.13 bits per heavy atom. The van der Waals surface area contributed by atoms with E-state index < -0.39 is 11.9 Å². The number of para-hydroxylation sites is 1. The largest absolute Gasteiger partial charge is 0.467 e. The van der Waals surface area contributed by atoms with Crippen LogP contribution in [0.2, 0.25) is 0 Å². The highest BCUT2D eigenvalue weighted by molar-refractivity contribution is 7.99. The number of carbonyl (C=O) groups is 2. The number of furan rings is 1. The highest BCUT2D eigenvalue weighted by atomic mass is 32.2. The van der Waals surface area contributed by atoms with Crippen LogP contribution < -0.4 is 16.2 Å². The molecule has 0 atom stereocenters. The average Bonchev–Trinajstić information content (AvgIpc) is 3.29. The fourth-order valence-electron chi connectivity index (χ4n) is 3.07. The number of hydrogen-bond donors (Lipinski definition) is 2. The van der Waals surface area contributed by atoms with Gasteiger partial charge in [-0.05, 0) is 30.7 Å². The van der Waals surface area contributed by atoms with Crippen molar-refractivity contribution in [1.29, 1.82) is 0 Å². The lowest BCUT2D eigenvalue weighted by molar-refractivity contribution is -0.117. The van der Waals surface area contributed by atoms with Gasteiger partial charge in [-0.15, -0.1) is 0 Å². The summed E-state index contributed by atoms with van der Waals surface area (Å²) >= 11 is 1.15. The maximum atomic E-state index is 13.0. The molecule has 3 rings (SSSR count). The molecule has 0 radical (unpaired) electrons. The van der Waals surface area contributed by atoms with Crippen LogP contribution in [0.1, 0.15) is 38.4 Å². The van der Waals surface area contributed by atoms with Gasteiger partial charge in [-0.3, -0.25) is 19.5 Å². The summed E-state index contributed by atoms with van der Waals surface area (Å²) in [7, 11) is 0.